The lowest BCUT2D eigenvalue weighted by molar-refractivity contribution is -0.853. The summed E-state index contributed by atoms with van der Waals surface area (Å²) in [6.07, 6.45) is 4.37. The number of benzene rings is 1. The van der Waals surface area contributed by atoms with Gasteiger partial charge in [0.05, 0.1) is 6.20 Å². The lowest BCUT2D eigenvalue weighted by Gasteiger charge is -2.34. The average Bonchev–Trinajstić information content (AvgIpc) is 2.49. The first kappa shape index (κ1) is 9.71. The molecule has 0 bridgehead atoms. The van der Waals surface area contributed by atoms with Crippen LogP contribution >= 0.6 is 11.6 Å². The fourth-order valence-electron chi connectivity index (χ4n) is 1.76. The first-order valence-electron chi connectivity index (χ1n) is 4.60. The molecule has 0 radical (unpaired) electrons. The zero-order valence-electron chi connectivity index (χ0n) is 7.96. The minimum Gasteiger partial charge on any atom is -0.629 e. The van der Waals surface area contributed by atoms with Crippen molar-refractivity contribution in [1.82, 2.24) is 0 Å². The number of nitrogens with one attached hydrogen (secondary N) is 1. The van der Waals surface area contributed by atoms with Crippen LogP contribution in [-0.2, 0) is 5.54 Å². The van der Waals surface area contributed by atoms with E-state index in [0.29, 0.717) is 5.02 Å². The Kier molecular flexibility index (Phi) is 2.35. The second-order valence-corrected chi connectivity index (χ2v) is 4.25. The van der Waals surface area contributed by atoms with E-state index < -0.39 is 0 Å². The van der Waals surface area contributed by atoms with Gasteiger partial charge in [-0.25, -0.2) is 0 Å². The van der Waals surface area contributed by atoms with Crippen LogP contribution < -0.4 is 5.06 Å². The number of hydroxylamine groups is 2. The smallest absolute Gasteiger partial charge is 0.128 e. The Bertz CT molecular complexity index is 360. The van der Waals surface area contributed by atoms with E-state index >= 15 is 0 Å². The van der Waals surface area contributed by atoms with E-state index in [4.69, 9.17) is 11.6 Å². The lowest BCUT2D eigenvalue weighted by atomic mass is 9.90. The van der Waals surface area contributed by atoms with Crippen molar-refractivity contribution >= 4 is 11.6 Å². The summed E-state index contributed by atoms with van der Waals surface area (Å²) in [6.45, 7) is 1.97. The van der Waals surface area contributed by atoms with Gasteiger partial charge in [-0.2, -0.15) is 0 Å². The Morgan fingerprint density at radius 2 is 2.00 bits per heavy atom. The van der Waals surface area contributed by atoms with Crippen LogP contribution in [0.4, 0.5) is 0 Å². The van der Waals surface area contributed by atoms with Crippen LogP contribution in [0.1, 0.15) is 18.9 Å². The number of hydrogen-bond acceptors (Lipinski definition) is 1. The fourth-order valence-corrected chi connectivity index (χ4v) is 1.89. The Morgan fingerprint density at radius 3 is 2.50 bits per heavy atom. The quantitative estimate of drug-likeness (QED) is 0.703. The molecule has 0 aromatic heterocycles. The summed E-state index contributed by atoms with van der Waals surface area (Å²) in [6, 6.07) is 7.50. The van der Waals surface area contributed by atoms with E-state index in [0.717, 1.165) is 12.0 Å². The summed E-state index contributed by atoms with van der Waals surface area (Å²) in [5.41, 5.74) is 0.668. The Balaban J connectivity index is 2.35. The van der Waals surface area contributed by atoms with E-state index in [-0.39, 0.29) is 10.6 Å². The SMILES string of the molecule is CC1(c2ccc(Cl)cc2)CC=C[NH+]1[O-]. The van der Waals surface area contributed by atoms with E-state index in [2.05, 4.69) is 0 Å². The maximum atomic E-state index is 11.7. The fraction of sp³-hybridized carbons (Fsp3) is 0.273. The van der Waals surface area contributed by atoms with Crippen LogP contribution in [0, 0.1) is 5.21 Å². The minimum absolute atomic E-state index is 0.180. The first-order chi connectivity index (χ1) is 6.63. The normalized spacial score (nSPS) is 30.9. The highest BCUT2D eigenvalue weighted by molar-refractivity contribution is 6.30. The van der Waals surface area contributed by atoms with Crippen LogP contribution in [0.3, 0.4) is 0 Å². The number of hydrogen-bond donors (Lipinski definition) is 1. The van der Waals surface area contributed by atoms with Crippen LogP contribution in [0.25, 0.3) is 0 Å². The van der Waals surface area contributed by atoms with Crippen molar-refractivity contribution in [3.05, 3.63) is 52.3 Å². The summed E-state index contributed by atoms with van der Waals surface area (Å²) in [5.74, 6) is 0. The number of quaternary nitrogens is 1. The summed E-state index contributed by atoms with van der Waals surface area (Å²) in [7, 11) is 0. The molecule has 0 fully saturated rings. The molecule has 1 aromatic rings. The zero-order valence-corrected chi connectivity index (χ0v) is 8.71. The zero-order chi connectivity index (χ0) is 10.2. The predicted molar refractivity (Wildman–Crippen MR) is 56.9 cm³/mol. The Labute approximate surface area is 88.4 Å². The highest BCUT2D eigenvalue weighted by atomic mass is 35.5. The maximum absolute atomic E-state index is 11.7. The molecule has 2 nitrogen and oxygen atoms in total. The van der Waals surface area contributed by atoms with Crippen molar-refractivity contribution < 1.29 is 5.06 Å². The van der Waals surface area contributed by atoms with Gasteiger partial charge in [-0.1, -0.05) is 23.7 Å². The topological polar surface area (TPSA) is 27.5 Å². The largest absolute Gasteiger partial charge is 0.629 e. The molecule has 0 spiro atoms. The summed E-state index contributed by atoms with van der Waals surface area (Å²) in [5, 5.41) is 12.5. The van der Waals surface area contributed by atoms with Gasteiger partial charge in [-0.15, -0.1) is 0 Å². The third kappa shape index (κ3) is 1.46. The summed E-state index contributed by atoms with van der Waals surface area (Å²) in [4.78, 5) is 0. The minimum atomic E-state index is -0.370. The molecule has 1 N–H and O–H groups in total. The lowest BCUT2D eigenvalue weighted by Crippen LogP contribution is -3.08. The van der Waals surface area contributed by atoms with Gasteiger partial charge in [0, 0.05) is 17.0 Å². The number of halogens is 1. The highest BCUT2D eigenvalue weighted by Gasteiger charge is 2.34. The van der Waals surface area contributed by atoms with Gasteiger partial charge in [0.2, 0.25) is 0 Å². The molecule has 2 rings (SSSR count). The van der Waals surface area contributed by atoms with E-state index in [1.54, 1.807) is 6.20 Å². The second kappa shape index (κ2) is 3.39. The monoisotopic (exact) mass is 209 g/mol. The standard InChI is InChI=1S/C11H12ClNO/c1-11(7-2-8-13(11)14)9-3-5-10(12)6-4-9/h2-6,8,13H,7H2,1H3. The molecular weight excluding hydrogens is 198 g/mol. The Morgan fingerprint density at radius 1 is 1.36 bits per heavy atom. The molecule has 0 amide bonds. The van der Waals surface area contributed by atoms with Crippen molar-refractivity contribution in [1.29, 1.82) is 0 Å². The molecule has 1 heterocycles. The van der Waals surface area contributed by atoms with E-state index in [9.17, 15) is 5.21 Å². The van der Waals surface area contributed by atoms with Crippen LogP contribution in [0.2, 0.25) is 5.02 Å². The molecule has 0 saturated carbocycles. The van der Waals surface area contributed by atoms with Gasteiger partial charge < -0.3 is 10.3 Å². The maximum Gasteiger partial charge on any atom is 0.128 e. The van der Waals surface area contributed by atoms with Crippen LogP contribution in [0.15, 0.2) is 36.5 Å². The highest BCUT2D eigenvalue weighted by Crippen LogP contribution is 2.25. The van der Waals surface area contributed by atoms with Gasteiger partial charge in [-0.3, -0.25) is 0 Å². The van der Waals surface area contributed by atoms with Crippen molar-refractivity contribution in [3.63, 3.8) is 0 Å². The van der Waals surface area contributed by atoms with E-state index in [1.165, 1.54) is 0 Å². The average molecular weight is 210 g/mol. The van der Waals surface area contributed by atoms with Crippen molar-refractivity contribution in [3.8, 4) is 0 Å². The molecule has 1 aliphatic heterocycles. The van der Waals surface area contributed by atoms with Gasteiger partial charge in [0.1, 0.15) is 5.54 Å². The van der Waals surface area contributed by atoms with Crippen molar-refractivity contribution in [2.24, 2.45) is 0 Å². The third-order valence-electron chi connectivity index (χ3n) is 2.82. The molecule has 0 saturated heterocycles. The van der Waals surface area contributed by atoms with Crippen molar-refractivity contribution in [2.75, 3.05) is 0 Å². The second-order valence-electron chi connectivity index (χ2n) is 3.81. The van der Waals surface area contributed by atoms with Gasteiger partial charge in [-0.05, 0) is 25.1 Å². The molecule has 1 aliphatic rings. The van der Waals surface area contributed by atoms with Crippen LogP contribution in [0.5, 0.6) is 0 Å². The Hall–Kier alpha value is -0.830. The molecule has 2 unspecified atom stereocenters. The van der Waals surface area contributed by atoms with Crippen molar-refractivity contribution in [2.45, 2.75) is 18.9 Å². The van der Waals surface area contributed by atoms with Gasteiger partial charge in [0.25, 0.3) is 0 Å². The van der Waals surface area contributed by atoms with Gasteiger partial charge >= 0.3 is 0 Å². The summed E-state index contributed by atoms with van der Waals surface area (Å²) >= 11 is 5.80. The number of rotatable bonds is 1. The third-order valence-corrected chi connectivity index (χ3v) is 3.07. The first-order valence-corrected chi connectivity index (χ1v) is 4.98. The molecule has 14 heavy (non-hydrogen) atoms. The van der Waals surface area contributed by atoms with Gasteiger partial charge in [0.15, 0.2) is 0 Å². The van der Waals surface area contributed by atoms with Crippen LogP contribution in [-0.4, -0.2) is 0 Å². The molecule has 3 heteroatoms. The molecule has 74 valence electrons. The molecule has 0 aliphatic carbocycles. The summed E-state index contributed by atoms with van der Waals surface area (Å²) < 4.78 is 0. The molecule has 2 atom stereocenters. The molecule has 1 aromatic carbocycles. The van der Waals surface area contributed by atoms with E-state index in [1.807, 2.05) is 37.3 Å². The predicted octanol–water partition coefficient (Wildman–Crippen LogP) is 1.86. The molecular formula is C11H12ClNO.